The lowest BCUT2D eigenvalue weighted by molar-refractivity contribution is 0.102. The summed E-state index contributed by atoms with van der Waals surface area (Å²) in [5, 5.41) is 5.90. The van der Waals surface area contributed by atoms with Crippen molar-refractivity contribution in [3.8, 4) is 11.3 Å². The van der Waals surface area contributed by atoms with Gasteiger partial charge in [0.05, 0.1) is 21.3 Å². The summed E-state index contributed by atoms with van der Waals surface area (Å²) in [4.78, 5) is 17.2. The molecule has 3 nitrogen and oxygen atoms in total. The monoisotopic (exact) mass is 438 g/mol. The van der Waals surface area contributed by atoms with Gasteiger partial charge >= 0.3 is 0 Å². The predicted molar refractivity (Wildman–Crippen MR) is 124 cm³/mol. The first-order valence-corrected chi connectivity index (χ1v) is 10.3. The summed E-state index contributed by atoms with van der Waals surface area (Å²) in [7, 11) is 0. The maximum Gasteiger partial charge on any atom is 0.257 e. The number of fused-ring (bicyclic) bond motifs is 1. The second-order valence-electron chi connectivity index (χ2n) is 6.50. The molecule has 1 amide bonds. The standard InChI is InChI=1S/C23H16Cl2N2OS/c24-20-8-6-16(27-23(28)18-7-5-14(13-29)11-21(18)25)12-19(20)22-17-4-2-1-3-15(17)9-10-26-22/h1-12,29H,13H2,(H,27,28). The molecule has 1 heterocycles. The van der Waals surface area contributed by atoms with Crippen LogP contribution in [0.5, 0.6) is 0 Å². The zero-order chi connectivity index (χ0) is 20.4. The highest BCUT2D eigenvalue weighted by Gasteiger charge is 2.14. The number of nitrogens with one attached hydrogen (secondary N) is 1. The van der Waals surface area contributed by atoms with Gasteiger partial charge in [-0.25, -0.2) is 0 Å². The number of benzene rings is 3. The summed E-state index contributed by atoms with van der Waals surface area (Å²) in [6, 6.07) is 20.5. The Balaban J connectivity index is 1.70. The first-order chi connectivity index (χ1) is 14.1. The molecule has 4 rings (SSSR count). The van der Waals surface area contributed by atoms with E-state index in [4.69, 9.17) is 23.2 Å². The van der Waals surface area contributed by atoms with E-state index in [0.717, 1.165) is 27.6 Å². The SMILES string of the molecule is O=C(Nc1ccc(Cl)c(-c2nccc3ccccc23)c1)c1ccc(CS)cc1Cl. The molecule has 144 valence electrons. The zero-order valence-electron chi connectivity index (χ0n) is 15.2. The Morgan fingerprint density at radius 1 is 0.966 bits per heavy atom. The van der Waals surface area contributed by atoms with E-state index in [-0.39, 0.29) is 5.91 Å². The Kier molecular flexibility index (Phi) is 5.76. The van der Waals surface area contributed by atoms with Crippen LogP contribution in [0.15, 0.2) is 72.9 Å². The molecule has 0 bridgehead atoms. The fourth-order valence-electron chi connectivity index (χ4n) is 3.16. The first-order valence-electron chi connectivity index (χ1n) is 8.91. The van der Waals surface area contributed by atoms with E-state index in [1.54, 1.807) is 30.5 Å². The molecule has 0 saturated heterocycles. The predicted octanol–water partition coefficient (Wildman–Crippen LogP) is 6.89. The van der Waals surface area contributed by atoms with Gasteiger partial charge in [-0.2, -0.15) is 12.6 Å². The van der Waals surface area contributed by atoms with Crippen LogP contribution < -0.4 is 5.32 Å². The van der Waals surface area contributed by atoms with Crippen molar-refractivity contribution in [2.24, 2.45) is 0 Å². The van der Waals surface area contributed by atoms with Gasteiger partial charge in [0.15, 0.2) is 0 Å². The largest absolute Gasteiger partial charge is 0.322 e. The number of thiol groups is 1. The third-order valence-electron chi connectivity index (χ3n) is 4.61. The fourth-order valence-corrected chi connectivity index (χ4v) is 3.85. The van der Waals surface area contributed by atoms with E-state index >= 15 is 0 Å². The van der Waals surface area contributed by atoms with Gasteiger partial charge in [-0.1, -0.05) is 53.5 Å². The molecule has 3 aromatic carbocycles. The smallest absolute Gasteiger partial charge is 0.257 e. The maximum absolute atomic E-state index is 12.7. The Bertz CT molecular complexity index is 1220. The van der Waals surface area contributed by atoms with E-state index in [0.29, 0.717) is 27.0 Å². The van der Waals surface area contributed by atoms with Gasteiger partial charge in [0.25, 0.3) is 5.91 Å². The highest BCUT2D eigenvalue weighted by Crippen LogP contribution is 2.34. The Morgan fingerprint density at radius 2 is 1.79 bits per heavy atom. The van der Waals surface area contributed by atoms with Gasteiger partial charge < -0.3 is 5.32 Å². The summed E-state index contributed by atoms with van der Waals surface area (Å²) in [6.45, 7) is 0. The van der Waals surface area contributed by atoms with Gasteiger partial charge in [-0.15, -0.1) is 0 Å². The molecule has 0 unspecified atom stereocenters. The van der Waals surface area contributed by atoms with Crippen LogP contribution in [0.3, 0.4) is 0 Å². The van der Waals surface area contributed by atoms with Crippen molar-refractivity contribution in [1.82, 2.24) is 4.98 Å². The molecule has 0 atom stereocenters. The van der Waals surface area contributed by atoms with Gasteiger partial charge in [-0.05, 0) is 47.3 Å². The molecular weight excluding hydrogens is 423 g/mol. The molecule has 1 N–H and O–H groups in total. The van der Waals surface area contributed by atoms with Crippen molar-refractivity contribution < 1.29 is 4.79 Å². The number of amides is 1. The van der Waals surface area contributed by atoms with Crippen LogP contribution in [0.25, 0.3) is 22.0 Å². The molecule has 29 heavy (non-hydrogen) atoms. The number of hydrogen-bond acceptors (Lipinski definition) is 3. The number of carbonyl (C=O) groups excluding carboxylic acids is 1. The number of anilines is 1. The maximum atomic E-state index is 12.7. The molecule has 1 aromatic heterocycles. The molecular formula is C23H16Cl2N2OS. The van der Waals surface area contributed by atoms with Crippen molar-refractivity contribution in [2.75, 3.05) is 5.32 Å². The van der Waals surface area contributed by atoms with Crippen LogP contribution >= 0.6 is 35.8 Å². The molecule has 0 aliphatic heterocycles. The van der Waals surface area contributed by atoms with Crippen molar-refractivity contribution in [3.05, 3.63) is 94.1 Å². The zero-order valence-corrected chi connectivity index (χ0v) is 17.6. The molecule has 0 fully saturated rings. The lowest BCUT2D eigenvalue weighted by atomic mass is 10.0. The van der Waals surface area contributed by atoms with Gasteiger partial charge in [0, 0.05) is 28.6 Å². The van der Waals surface area contributed by atoms with Gasteiger partial charge in [0.1, 0.15) is 0 Å². The van der Waals surface area contributed by atoms with E-state index in [1.807, 2.05) is 42.5 Å². The highest BCUT2D eigenvalue weighted by atomic mass is 35.5. The van der Waals surface area contributed by atoms with Crippen molar-refractivity contribution in [3.63, 3.8) is 0 Å². The molecule has 0 aliphatic carbocycles. The fraction of sp³-hybridized carbons (Fsp3) is 0.0435. The van der Waals surface area contributed by atoms with Gasteiger partial charge in [-0.3, -0.25) is 9.78 Å². The normalized spacial score (nSPS) is 10.9. The number of halogens is 2. The molecule has 0 aliphatic rings. The van der Waals surface area contributed by atoms with Crippen LogP contribution in [-0.4, -0.2) is 10.9 Å². The average Bonchev–Trinajstić information content (AvgIpc) is 2.74. The minimum Gasteiger partial charge on any atom is -0.322 e. The van der Waals surface area contributed by atoms with Crippen molar-refractivity contribution >= 4 is 58.2 Å². The topological polar surface area (TPSA) is 42.0 Å². The Morgan fingerprint density at radius 3 is 2.59 bits per heavy atom. The molecule has 0 spiro atoms. The average molecular weight is 439 g/mol. The lowest BCUT2D eigenvalue weighted by Gasteiger charge is -2.12. The minimum atomic E-state index is -0.292. The van der Waals surface area contributed by atoms with Crippen molar-refractivity contribution in [2.45, 2.75) is 5.75 Å². The molecule has 6 heteroatoms. The van der Waals surface area contributed by atoms with E-state index in [2.05, 4.69) is 22.9 Å². The molecule has 4 aromatic rings. The number of carbonyl (C=O) groups is 1. The number of aromatic nitrogens is 1. The summed E-state index contributed by atoms with van der Waals surface area (Å²) >= 11 is 17.0. The lowest BCUT2D eigenvalue weighted by Crippen LogP contribution is -2.12. The van der Waals surface area contributed by atoms with Crippen LogP contribution in [0.2, 0.25) is 10.0 Å². The van der Waals surface area contributed by atoms with E-state index in [9.17, 15) is 4.79 Å². The third-order valence-corrected chi connectivity index (χ3v) is 5.62. The Hall–Kier alpha value is -2.53. The van der Waals surface area contributed by atoms with Crippen LogP contribution in [0.1, 0.15) is 15.9 Å². The van der Waals surface area contributed by atoms with E-state index in [1.165, 1.54) is 0 Å². The molecule has 0 saturated carbocycles. The second kappa shape index (κ2) is 8.46. The van der Waals surface area contributed by atoms with Crippen LogP contribution in [-0.2, 0) is 5.75 Å². The van der Waals surface area contributed by atoms with E-state index < -0.39 is 0 Å². The first kappa shape index (κ1) is 19.8. The summed E-state index contributed by atoms with van der Waals surface area (Å²) < 4.78 is 0. The number of nitrogens with zero attached hydrogens (tertiary/aromatic N) is 1. The van der Waals surface area contributed by atoms with Gasteiger partial charge in [0.2, 0.25) is 0 Å². The number of pyridine rings is 1. The summed E-state index contributed by atoms with van der Waals surface area (Å²) in [5.41, 5.74) is 3.47. The highest BCUT2D eigenvalue weighted by molar-refractivity contribution is 7.79. The summed E-state index contributed by atoms with van der Waals surface area (Å²) in [6.07, 6.45) is 1.75. The second-order valence-corrected chi connectivity index (χ2v) is 7.63. The molecule has 0 radical (unpaired) electrons. The Labute approximate surface area is 184 Å². The number of hydrogen-bond donors (Lipinski definition) is 2. The minimum absolute atomic E-state index is 0.292. The van der Waals surface area contributed by atoms with Crippen molar-refractivity contribution in [1.29, 1.82) is 0 Å². The third kappa shape index (κ3) is 4.10. The quantitative estimate of drug-likeness (QED) is 0.340. The number of rotatable bonds is 4. The summed E-state index contributed by atoms with van der Waals surface area (Å²) in [5.74, 6) is 0.264. The van der Waals surface area contributed by atoms with Crippen LogP contribution in [0, 0.1) is 0 Å². The van der Waals surface area contributed by atoms with Crippen LogP contribution in [0.4, 0.5) is 5.69 Å².